The van der Waals surface area contributed by atoms with E-state index in [2.05, 4.69) is 31.7 Å². The molecular weight excluding hydrogens is 420 g/mol. The molecule has 0 spiro atoms. The summed E-state index contributed by atoms with van der Waals surface area (Å²) < 4.78 is 2.89. The zero-order valence-electron chi connectivity index (χ0n) is 15.9. The number of rotatable bonds is 5. The van der Waals surface area contributed by atoms with Crippen molar-refractivity contribution in [1.29, 1.82) is 0 Å². The van der Waals surface area contributed by atoms with Gasteiger partial charge < -0.3 is 10.6 Å². The summed E-state index contributed by atoms with van der Waals surface area (Å²) in [4.78, 5) is 23.9. The Balaban J connectivity index is 1.72. The lowest BCUT2D eigenvalue weighted by molar-refractivity contribution is 0.101. The smallest absolute Gasteiger partial charge is 0.308 e. The van der Waals surface area contributed by atoms with Crippen LogP contribution < -0.4 is 10.6 Å². The number of benzene rings is 2. The minimum Gasteiger partial charge on any atom is -0.308 e. The second-order valence-electron chi connectivity index (χ2n) is 6.55. The fourth-order valence-electron chi connectivity index (χ4n) is 2.89. The molecule has 0 atom stereocenters. The van der Waals surface area contributed by atoms with Crippen molar-refractivity contribution in [2.45, 2.75) is 27.3 Å². The van der Waals surface area contributed by atoms with Crippen LogP contribution in [-0.4, -0.2) is 21.6 Å². The maximum absolute atomic E-state index is 12.4. The number of hydrogen-bond donors (Lipinski definition) is 2. The summed E-state index contributed by atoms with van der Waals surface area (Å²) in [6.45, 7) is 5.89. The van der Waals surface area contributed by atoms with E-state index in [1.165, 1.54) is 6.92 Å². The Hall–Kier alpha value is -2.93. The highest BCUT2D eigenvalue weighted by Crippen LogP contribution is 2.21. The molecule has 0 bridgehead atoms. The van der Waals surface area contributed by atoms with Crippen molar-refractivity contribution >= 4 is 39.1 Å². The molecule has 144 valence electrons. The number of anilines is 2. The third-order valence-electron chi connectivity index (χ3n) is 4.39. The van der Waals surface area contributed by atoms with Gasteiger partial charge in [0.15, 0.2) is 5.78 Å². The SMILES string of the molecule is CC(=O)c1cccc(NC(=O)Nc2c(C)nn(Cc3ccc(Br)cc3)c2C)c1. The molecule has 0 radical (unpaired) electrons. The van der Waals surface area contributed by atoms with Crippen molar-refractivity contribution in [3.05, 3.63) is 75.5 Å². The van der Waals surface area contributed by atoms with E-state index in [4.69, 9.17) is 0 Å². The van der Waals surface area contributed by atoms with Crippen molar-refractivity contribution in [3.8, 4) is 0 Å². The number of halogens is 1. The molecule has 6 nitrogen and oxygen atoms in total. The van der Waals surface area contributed by atoms with E-state index >= 15 is 0 Å². The average Bonchev–Trinajstić information content (AvgIpc) is 2.91. The van der Waals surface area contributed by atoms with Crippen molar-refractivity contribution < 1.29 is 9.59 Å². The van der Waals surface area contributed by atoms with Gasteiger partial charge in [0.25, 0.3) is 0 Å². The van der Waals surface area contributed by atoms with Gasteiger partial charge in [-0.2, -0.15) is 5.10 Å². The lowest BCUT2D eigenvalue weighted by atomic mass is 10.1. The quantitative estimate of drug-likeness (QED) is 0.538. The number of nitrogens with one attached hydrogen (secondary N) is 2. The minimum atomic E-state index is -0.380. The van der Waals surface area contributed by atoms with Gasteiger partial charge in [-0.05, 0) is 50.6 Å². The van der Waals surface area contributed by atoms with Gasteiger partial charge in [-0.3, -0.25) is 9.48 Å². The minimum absolute atomic E-state index is 0.0510. The Kier molecular flexibility index (Phi) is 5.94. The van der Waals surface area contributed by atoms with Crippen LogP contribution in [0.3, 0.4) is 0 Å². The number of Topliss-reactive ketones (excluding diaryl/α,β-unsaturated/α-hetero) is 1. The van der Waals surface area contributed by atoms with Crippen LogP contribution in [0.4, 0.5) is 16.2 Å². The maximum atomic E-state index is 12.4. The van der Waals surface area contributed by atoms with Crippen molar-refractivity contribution in [2.75, 3.05) is 10.6 Å². The van der Waals surface area contributed by atoms with E-state index in [1.54, 1.807) is 24.3 Å². The second kappa shape index (κ2) is 8.39. The molecule has 3 aromatic rings. The van der Waals surface area contributed by atoms with Crippen LogP contribution in [0.1, 0.15) is 34.2 Å². The molecule has 0 saturated heterocycles. The van der Waals surface area contributed by atoms with Crippen molar-refractivity contribution in [3.63, 3.8) is 0 Å². The van der Waals surface area contributed by atoms with Crippen molar-refractivity contribution in [1.82, 2.24) is 9.78 Å². The zero-order valence-corrected chi connectivity index (χ0v) is 17.5. The summed E-state index contributed by atoms with van der Waals surface area (Å²) >= 11 is 3.43. The van der Waals surface area contributed by atoms with Crippen LogP contribution in [-0.2, 0) is 6.54 Å². The van der Waals surface area contributed by atoms with Crippen LogP contribution in [0.2, 0.25) is 0 Å². The van der Waals surface area contributed by atoms with E-state index in [-0.39, 0.29) is 11.8 Å². The number of ketones is 1. The first-order valence-electron chi connectivity index (χ1n) is 8.81. The fourth-order valence-corrected chi connectivity index (χ4v) is 3.15. The molecule has 0 aliphatic carbocycles. The first-order valence-corrected chi connectivity index (χ1v) is 9.60. The number of carbonyl (C=O) groups is 2. The summed E-state index contributed by atoms with van der Waals surface area (Å²) in [5.41, 5.74) is 4.51. The standard InChI is InChI=1S/C21H21BrN4O2/c1-13-20(14(2)26(25-13)12-16-7-9-18(22)10-8-16)24-21(28)23-19-6-4-5-17(11-19)15(3)27/h4-11H,12H2,1-3H3,(H2,23,24,28). The Bertz CT molecular complexity index is 1030. The Morgan fingerprint density at radius 2 is 1.79 bits per heavy atom. The number of aryl methyl sites for hydroxylation is 1. The number of aromatic nitrogens is 2. The van der Waals surface area contributed by atoms with E-state index in [0.717, 1.165) is 21.4 Å². The van der Waals surface area contributed by atoms with E-state index in [0.29, 0.717) is 23.5 Å². The summed E-state index contributed by atoms with van der Waals surface area (Å²) in [5, 5.41) is 10.2. The predicted molar refractivity (Wildman–Crippen MR) is 114 cm³/mol. The van der Waals surface area contributed by atoms with Gasteiger partial charge in [-0.1, -0.05) is 40.2 Å². The first kappa shape index (κ1) is 19.8. The lowest BCUT2D eigenvalue weighted by Gasteiger charge is -2.09. The molecule has 0 unspecified atom stereocenters. The van der Waals surface area contributed by atoms with Gasteiger partial charge in [0, 0.05) is 15.7 Å². The number of nitrogens with zero attached hydrogens (tertiary/aromatic N) is 2. The summed E-state index contributed by atoms with van der Waals surface area (Å²) in [5.74, 6) is -0.0510. The molecule has 2 amide bonds. The number of hydrogen-bond acceptors (Lipinski definition) is 3. The summed E-state index contributed by atoms with van der Waals surface area (Å²) in [6, 6.07) is 14.5. The molecule has 1 aromatic heterocycles. The third kappa shape index (κ3) is 4.67. The van der Waals surface area contributed by atoms with Crippen molar-refractivity contribution in [2.24, 2.45) is 0 Å². The molecule has 2 aromatic carbocycles. The summed E-state index contributed by atoms with van der Waals surface area (Å²) in [7, 11) is 0. The third-order valence-corrected chi connectivity index (χ3v) is 4.92. The normalized spacial score (nSPS) is 10.6. The topological polar surface area (TPSA) is 76.0 Å². The molecular formula is C21H21BrN4O2. The fraction of sp³-hybridized carbons (Fsp3) is 0.190. The molecule has 28 heavy (non-hydrogen) atoms. The van der Waals surface area contributed by atoms with E-state index in [1.807, 2.05) is 42.8 Å². The Morgan fingerprint density at radius 1 is 1.07 bits per heavy atom. The van der Waals surface area contributed by atoms with Gasteiger partial charge in [0.2, 0.25) is 0 Å². The molecule has 0 saturated carbocycles. The van der Waals surface area contributed by atoms with Crippen LogP contribution in [0.15, 0.2) is 53.0 Å². The van der Waals surface area contributed by atoms with Crippen LogP contribution in [0.25, 0.3) is 0 Å². The highest BCUT2D eigenvalue weighted by Gasteiger charge is 2.15. The van der Waals surface area contributed by atoms with Gasteiger partial charge in [0.1, 0.15) is 0 Å². The number of carbonyl (C=O) groups excluding carboxylic acids is 2. The molecule has 0 aliphatic rings. The molecule has 1 heterocycles. The number of amides is 2. The van der Waals surface area contributed by atoms with Gasteiger partial charge >= 0.3 is 6.03 Å². The second-order valence-corrected chi connectivity index (χ2v) is 7.46. The highest BCUT2D eigenvalue weighted by atomic mass is 79.9. The zero-order chi connectivity index (χ0) is 20.3. The van der Waals surface area contributed by atoms with Gasteiger partial charge in [-0.25, -0.2) is 4.79 Å². The number of urea groups is 1. The molecule has 2 N–H and O–H groups in total. The van der Waals surface area contributed by atoms with Gasteiger partial charge in [0.05, 0.1) is 23.6 Å². The maximum Gasteiger partial charge on any atom is 0.323 e. The van der Waals surface area contributed by atoms with Crippen LogP contribution >= 0.6 is 15.9 Å². The van der Waals surface area contributed by atoms with Crippen LogP contribution in [0, 0.1) is 13.8 Å². The average molecular weight is 441 g/mol. The van der Waals surface area contributed by atoms with Crippen LogP contribution in [0.5, 0.6) is 0 Å². The Morgan fingerprint density at radius 3 is 2.46 bits per heavy atom. The van der Waals surface area contributed by atoms with Gasteiger partial charge in [-0.15, -0.1) is 0 Å². The molecule has 0 fully saturated rings. The molecule has 7 heteroatoms. The predicted octanol–water partition coefficient (Wildman–Crippen LogP) is 5.16. The monoisotopic (exact) mass is 440 g/mol. The summed E-state index contributed by atoms with van der Waals surface area (Å²) in [6.07, 6.45) is 0. The van der Waals surface area contributed by atoms with E-state index in [9.17, 15) is 9.59 Å². The molecule has 0 aliphatic heterocycles. The van der Waals surface area contributed by atoms with E-state index < -0.39 is 0 Å². The molecule has 3 rings (SSSR count). The lowest BCUT2D eigenvalue weighted by Crippen LogP contribution is -2.20. The first-order chi connectivity index (χ1) is 13.3. The largest absolute Gasteiger partial charge is 0.323 e. The highest BCUT2D eigenvalue weighted by molar-refractivity contribution is 9.10. The Labute approximate surface area is 172 Å².